The lowest BCUT2D eigenvalue weighted by molar-refractivity contribution is -0.161. The molecule has 0 aromatic carbocycles. The summed E-state index contributed by atoms with van der Waals surface area (Å²) in [4.78, 5) is 61.8. The van der Waals surface area contributed by atoms with Crippen molar-refractivity contribution in [3.63, 3.8) is 0 Å². The van der Waals surface area contributed by atoms with E-state index in [0.717, 1.165) is 75.0 Å². The van der Waals surface area contributed by atoms with Crippen LogP contribution in [0, 0.1) is 0 Å². The second kappa shape index (κ2) is 36.4. The van der Waals surface area contributed by atoms with Gasteiger partial charge in [-0.05, 0) is 83.1 Å². The van der Waals surface area contributed by atoms with Gasteiger partial charge in [-0.25, -0.2) is 13.9 Å². The minimum atomic E-state index is -5.43. The lowest BCUT2D eigenvalue weighted by Crippen LogP contribution is -2.36. The number of allylic oxidation sites excluding steroid dienone is 10. The topological polar surface area (TPSA) is 265 Å². The Bertz CT molecular complexity index is 1870. The fourth-order valence-electron chi connectivity index (χ4n) is 6.77. The van der Waals surface area contributed by atoms with E-state index < -0.39 is 83.7 Å². The van der Waals surface area contributed by atoms with Crippen LogP contribution < -0.4 is 11.4 Å². The van der Waals surface area contributed by atoms with Crippen molar-refractivity contribution in [2.45, 2.75) is 186 Å². The number of phosphoric ester groups is 2. The quantitative estimate of drug-likeness (QED) is 0.0178. The van der Waals surface area contributed by atoms with Crippen molar-refractivity contribution in [2.75, 3.05) is 25.6 Å². The van der Waals surface area contributed by atoms with Crippen molar-refractivity contribution in [1.82, 2.24) is 9.55 Å². The van der Waals surface area contributed by atoms with E-state index >= 15 is 0 Å². The summed E-state index contributed by atoms with van der Waals surface area (Å²) in [5.74, 6) is -1.38. The van der Waals surface area contributed by atoms with Crippen LogP contribution >= 0.6 is 15.6 Å². The van der Waals surface area contributed by atoms with Gasteiger partial charge in [-0.1, -0.05) is 126 Å². The maximum absolute atomic E-state index is 12.8. The zero-order valence-corrected chi connectivity index (χ0v) is 41.9. The molecule has 3 unspecified atom stereocenters. The van der Waals surface area contributed by atoms with Gasteiger partial charge in [-0.2, -0.15) is 9.29 Å². The molecule has 7 atom stereocenters. The number of anilines is 1. The van der Waals surface area contributed by atoms with E-state index in [1.54, 1.807) is 0 Å². The average molecular weight is 1000 g/mol. The summed E-state index contributed by atoms with van der Waals surface area (Å²) in [6.45, 7) is 2.03. The van der Waals surface area contributed by atoms with E-state index in [0.29, 0.717) is 19.3 Å². The lowest BCUT2D eigenvalue weighted by atomic mass is 10.1. The third kappa shape index (κ3) is 28.8. The smallest absolute Gasteiger partial charge is 0.462 e. The molecule has 0 saturated carbocycles. The van der Waals surface area contributed by atoms with Crippen LogP contribution in [0.5, 0.6) is 0 Å². The number of nitrogens with zero attached hydrogens (tertiary/aromatic N) is 2. The minimum absolute atomic E-state index is 0.0261. The molecule has 0 amide bonds. The Morgan fingerprint density at radius 3 is 1.82 bits per heavy atom. The number of nitrogens with two attached hydrogens (primary N) is 1. The van der Waals surface area contributed by atoms with Crippen molar-refractivity contribution in [3.05, 3.63) is 83.5 Å². The van der Waals surface area contributed by atoms with Gasteiger partial charge in [0.2, 0.25) is 0 Å². The molecule has 2 rings (SSSR count). The molecule has 1 aromatic rings. The van der Waals surface area contributed by atoms with Crippen LogP contribution in [0.25, 0.3) is 0 Å². The third-order valence-electron chi connectivity index (χ3n) is 10.6. The Morgan fingerprint density at radius 1 is 0.706 bits per heavy atom. The van der Waals surface area contributed by atoms with Gasteiger partial charge in [0.1, 0.15) is 30.7 Å². The number of carbonyl (C=O) groups is 2. The monoisotopic (exact) mass is 999 g/mol. The van der Waals surface area contributed by atoms with Crippen molar-refractivity contribution < 1.29 is 66.3 Å². The fraction of sp³-hybridized carbons (Fsp3) is 0.667. The Hall–Kier alpha value is -3.54. The number of ether oxygens (including phenoxy) is 3. The third-order valence-corrected chi connectivity index (χ3v) is 13.2. The molecule has 6 N–H and O–H groups in total. The van der Waals surface area contributed by atoms with Crippen molar-refractivity contribution in [2.24, 2.45) is 0 Å². The maximum atomic E-state index is 12.8. The highest BCUT2D eigenvalue weighted by molar-refractivity contribution is 7.61. The number of unbranched alkanes of at least 4 members (excludes halogenated alkanes) is 13. The maximum Gasteiger partial charge on any atom is 0.481 e. The van der Waals surface area contributed by atoms with Gasteiger partial charge in [0.25, 0.3) is 0 Å². The summed E-state index contributed by atoms with van der Waals surface area (Å²) < 4.78 is 56.6. The summed E-state index contributed by atoms with van der Waals surface area (Å²) in [5, 5.41) is 20.9. The van der Waals surface area contributed by atoms with Crippen LogP contribution in [0.1, 0.15) is 161 Å². The van der Waals surface area contributed by atoms with Crippen LogP contribution in [-0.4, -0.2) is 85.7 Å². The lowest BCUT2D eigenvalue weighted by Gasteiger charge is -2.21. The molecular formula is C48H79N3O15P2. The number of phosphoric acid groups is 2. The first kappa shape index (κ1) is 60.6. The molecule has 2 heterocycles. The Labute approximate surface area is 402 Å². The van der Waals surface area contributed by atoms with Gasteiger partial charge in [-0.15, -0.1) is 0 Å². The van der Waals surface area contributed by atoms with E-state index in [9.17, 15) is 43.5 Å². The number of esters is 2. The molecule has 386 valence electrons. The van der Waals surface area contributed by atoms with Crippen LogP contribution in [-0.2, 0) is 46.3 Å². The highest BCUT2D eigenvalue weighted by Gasteiger charge is 2.46. The molecular weight excluding hydrogens is 920 g/mol. The Morgan fingerprint density at radius 2 is 1.21 bits per heavy atom. The van der Waals surface area contributed by atoms with Gasteiger partial charge >= 0.3 is 33.3 Å². The van der Waals surface area contributed by atoms with Gasteiger partial charge < -0.3 is 39.9 Å². The standard InChI is InChI=1S/C48H79N3O15P2/c1-3-5-7-9-11-13-15-17-18-19-20-22-23-25-27-29-31-33-43(52)61-37-40(64-44(53)34-32-30-28-26-24-21-16-14-12-10-8-6-4-2)38-62-67(57,58)66-68(59,60)63-39-41-45(54)46(55)47(65-41)51-36-35-42(49)50-48(51)56/h11,13-14,16-18,20,22,25,27,35-36,40-41,45-47,54-55H,3-10,12,15,19,21,23-24,26,28-34,37-39H2,1-2H3,(H,57,58)(H,59,60)(H2,49,50,56)/b13-11-,16-14-,18-17-,22-20-,27-25-/t40-,41-,45+,46?,47-/m1/s1. The van der Waals surface area contributed by atoms with Crippen molar-refractivity contribution in [1.29, 1.82) is 0 Å². The molecule has 1 aromatic heterocycles. The molecule has 1 aliphatic heterocycles. The Balaban J connectivity index is 1.84. The number of carbonyl (C=O) groups excluding carboxylic acids is 2. The first-order chi connectivity index (χ1) is 32.7. The summed E-state index contributed by atoms with van der Waals surface area (Å²) in [6, 6.07) is 1.24. The zero-order valence-electron chi connectivity index (χ0n) is 40.1. The molecule has 0 bridgehead atoms. The van der Waals surface area contributed by atoms with E-state index in [1.807, 2.05) is 12.2 Å². The van der Waals surface area contributed by atoms with E-state index in [-0.39, 0.29) is 18.7 Å². The number of aromatic nitrogens is 2. The molecule has 0 radical (unpaired) electrons. The second-order valence-corrected chi connectivity index (χ2v) is 19.6. The van der Waals surface area contributed by atoms with Crippen molar-refractivity contribution in [3.8, 4) is 0 Å². The molecule has 20 heteroatoms. The Kier molecular flexibility index (Phi) is 32.4. The summed E-state index contributed by atoms with van der Waals surface area (Å²) in [6.07, 6.45) is 34.6. The molecule has 1 saturated heterocycles. The highest BCUT2D eigenvalue weighted by Crippen LogP contribution is 2.60. The first-order valence-electron chi connectivity index (χ1n) is 24.3. The summed E-state index contributed by atoms with van der Waals surface area (Å²) in [7, 11) is -10.9. The molecule has 1 aliphatic rings. The van der Waals surface area contributed by atoms with Gasteiger partial charge in [0.05, 0.1) is 13.2 Å². The largest absolute Gasteiger partial charge is 0.481 e. The highest BCUT2D eigenvalue weighted by atomic mass is 31.3. The molecule has 0 aliphatic carbocycles. The predicted octanol–water partition coefficient (Wildman–Crippen LogP) is 9.55. The first-order valence-corrected chi connectivity index (χ1v) is 27.3. The normalized spacial score (nSPS) is 20.0. The molecule has 18 nitrogen and oxygen atoms in total. The van der Waals surface area contributed by atoms with Crippen LogP contribution in [0.4, 0.5) is 5.82 Å². The molecule has 1 fully saturated rings. The zero-order chi connectivity index (χ0) is 49.9. The summed E-state index contributed by atoms with van der Waals surface area (Å²) in [5.41, 5.74) is 4.58. The van der Waals surface area contributed by atoms with E-state index in [2.05, 4.69) is 71.8 Å². The number of nitrogen functional groups attached to an aromatic ring is 1. The van der Waals surface area contributed by atoms with Crippen LogP contribution in [0.3, 0.4) is 0 Å². The number of rotatable bonds is 39. The number of hydrogen-bond acceptors (Lipinski definition) is 15. The SMILES string of the molecule is CCCCC/C=C\C/C=C\C/C=C\C/C=C\CCCC(=O)OC[C@H](COP(=O)(O)OP(=O)(O)OC[C@H]1O[C@@H](n2ccc(N)nc2=O)C(O)[C@H]1O)OC(=O)CCCCCCC/C=C\CCCCCC. The number of aliphatic hydroxyl groups excluding tert-OH is 2. The number of aliphatic hydroxyl groups is 2. The van der Waals surface area contributed by atoms with Crippen LogP contribution in [0.15, 0.2) is 77.8 Å². The fourth-order valence-corrected chi connectivity index (χ4v) is 8.88. The van der Waals surface area contributed by atoms with Gasteiger partial charge in [0, 0.05) is 19.0 Å². The number of hydrogen-bond donors (Lipinski definition) is 5. The van der Waals surface area contributed by atoms with Crippen LogP contribution in [0.2, 0.25) is 0 Å². The van der Waals surface area contributed by atoms with E-state index in [1.165, 1.54) is 51.0 Å². The van der Waals surface area contributed by atoms with Crippen molar-refractivity contribution >= 4 is 33.4 Å². The average Bonchev–Trinajstić information content (AvgIpc) is 3.57. The van der Waals surface area contributed by atoms with E-state index in [4.69, 9.17) is 29.0 Å². The summed E-state index contributed by atoms with van der Waals surface area (Å²) >= 11 is 0. The second-order valence-electron chi connectivity index (χ2n) is 16.6. The molecule has 0 spiro atoms. The predicted molar refractivity (Wildman–Crippen MR) is 261 cm³/mol. The molecule has 68 heavy (non-hydrogen) atoms. The van der Waals surface area contributed by atoms with Gasteiger partial charge in [-0.3, -0.25) is 23.2 Å². The minimum Gasteiger partial charge on any atom is -0.462 e. The van der Waals surface area contributed by atoms with Gasteiger partial charge in [0.15, 0.2) is 12.3 Å².